The van der Waals surface area contributed by atoms with E-state index >= 15 is 0 Å². The van der Waals surface area contributed by atoms with E-state index in [0.717, 1.165) is 11.1 Å². The SMILES string of the molecule is Cc1ccc(CNC(=O)c2cc(-c3ccccc3)no2)cc1. The number of nitrogens with one attached hydrogen (secondary N) is 1. The third-order valence-corrected chi connectivity index (χ3v) is 3.38. The van der Waals surface area contributed by atoms with Crippen molar-refractivity contribution in [3.05, 3.63) is 77.6 Å². The quantitative estimate of drug-likeness (QED) is 0.799. The summed E-state index contributed by atoms with van der Waals surface area (Å²) in [5, 5.41) is 6.77. The molecule has 0 radical (unpaired) electrons. The first-order chi connectivity index (χ1) is 10.7. The third-order valence-electron chi connectivity index (χ3n) is 3.38. The number of nitrogens with zero attached hydrogens (tertiary/aromatic N) is 1. The van der Waals surface area contributed by atoms with Gasteiger partial charge in [-0.2, -0.15) is 0 Å². The lowest BCUT2D eigenvalue weighted by Gasteiger charge is -2.03. The second kappa shape index (κ2) is 6.26. The molecule has 0 aliphatic carbocycles. The zero-order valence-corrected chi connectivity index (χ0v) is 12.2. The number of aryl methyl sites for hydroxylation is 1. The lowest BCUT2D eigenvalue weighted by atomic mass is 10.1. The molecule has 0 saturated carbocycles. The van der Waals surface area contributed by atoms with Gasteiger partial charge in [0.05, 0.1) is 0 Å². The minimum absolute atomic E-state index is 0.214. The van der Waals surface area contributed by atoms with Crippen molar-refractivity contribution in [2.45, 2.75) is 13.5 Å². The van der Waals surface area contributed by atoms with Crippen LogP contribution in [0, 0.1) is 6.92 Å². The summed E-state index contributed by atoms with van der Waals surface area (Å²) in [5.41, 5.74) is 3.81. The number of carbonyl (C=O) groups is 1. The molecule has 4 nitrogen and oxygen atoms in total. The van der Waals surface area contributed by atoms with Crippen molar-refractivity contribution < 1.29 is 9.32 Å². The summed E-state index contributed by atoms with van der Waals surface area (Å²) in [6, 6.07) is 19.3. The molecule has 4 heteroatoms. The topological polar surface area (TPSA) is 55.1 Å². The van der Waals surface area contributed by atoms with Crippen LogP contribution >= 0.6 is 0 Å². The fourth-order valence-electron chi connectivity index (χ4n) is 2.10. The molecule has 1 amide bonds. The molecular weight excluding hydrogens is 276 g/mol. The van der Waals surface area contributed by atoms with E-state index in [1.807, 2.05) is 61.5 Å². The van der Waals surface area contributed by atoms with Crippen LogP contribution in [0.1, 0.15) is 21.7 Å². The number of hydrogen-bond donors (Lipinski definition) is 1. The van der Waals surface area contributed by atoms with Gasteiger partial charge >= 0.3 is 0 Å². The van der Waals surface area contributed by atoms with E-state index < -0.39 is 0 Å². The normalized spacial score (nSPS) is 10.4. The van der Waals surface area contributed by atoms with E-state index in [0.29, 0.717) is 12.2 Å². The Morgan fingerprint density at radius 1 is 1.09 bits per heavy atom. The summed E-state index contributed by atoms with van der Waals surface area (Å²) in [7, 11) is 0. The van der Waals surface area contributed by atoms with Crippen LogP contribution < -0.4 is 5.32 Å². The van der Waals surface area contributed by atoms with Crippen LogP contribution in [-0.2, 0) is 6.54 Å². The van der Waals surface area contributed by atoms with Gasteiger partial charge in [-0.15, -0.1) is 0 Å². The van der Waals surface area contributed by atoms with Crippen molar-refractivity contribution in [1.82, 2.24) is 10.5 Å². The third kappa shape index (κ3) is 3.23. The monoisotopic (exact) mass is 292 g/mol. The molecule has 0 aliphatic rings. The van der Waals surface area contributed by atoms with Crippen LogP contribution in [0.2, 0.25) is 0 Å². The highest BCUT2D eigenvalue weighted by Gasteiger charge is 2.13. The van der Waals surface area contributed by atoms with Gasteiger partial charge < -0.3 is 9.84 Å². The van der Waals surface area contributed by atoms with E-state index in [9.17, 15) is 4.79 Å². The molecule has 0 atom stereocenters. The van der Waals surface area contributed by atoms with Crippen LogP contribution in [-0.4, -0.2) is 11.1 Å². The Hall–Kier alpha value is -2.88. The average molecular weight is 292 g/mol. The van der Waals surface area contributed by atoms with Crippen LogP contribution in [0.15, 0.2) is 65.2 Å². The van der Waals surface area contributed by atoms with E-state index in [2.05, 4.69) is 10.5 Å². The molecule has 0 saturated heterocycles. The molecular formula is C18H16N2O2. The number of hydrogen-bond acceptors (Lipinski definition) is 3. The molecule has 1 aromatic heterocycles. The van der Waals surface area contributed by atoms with E-state index in [4.69, 9.17) is 4.52 Å². The van der Waals surface area contributed by atoms with Gasteiger partial charge in [-0.3, -0.25) is 4.79 Å². The van der Waals surface area contributed by atoms with E-state index in [-0.39, 0.29) is 11.7 Å². The minimum Gasteiger partial charge on any atom is -0.350 e. The molecule has 2 aromatic carbocycles. The highest BCUT2D eigenvalue weighted by Crippen LogP contribution is 2.18. The molecule has 3 rings (SSSR count). The molecule has 0 fully saturated rings. The Balaban J connectivity index is 1.66. The van der Waals surface area contributed by atoms with Crippen LogP contribution in [0.3, 0.4) is 0 Å². The van der Waals surface area contributed by atoms with E-state index in [1.165, 1.54) is 5.56 Å². The predicted octanol–water partition coefficient (Wildman–Crippen LogP) is 3.58. The summed E-state index contributed by atoms with van der Waals surface area (Å²) in [4.78, 5) is 12.1. The van der Waals surface area contributed by atoms with Crippen molar-refractivity contribution in [2.75, 3.05) is 0 Å². The molecule has 0 unspecified atom stereocenters. The lowest BCUT2D eigenvalue weighted by Crippen LogP contribution is -2.22. The Labute approximate surface area is 128 Å². The van der Waals surface area contributed by atoms with E-state index in [1.54, 1.807) is 6.07 Å². The van der Waals surface area contributed by atoms with Crippen molar-refractivity contribution in [1.29, 1.82) is 0 Å². The molecule has 1 N–H and O–H groups in total. The Morgan fingerprint density at radius 2 is 1.82 bits per heavy atom. The molecule has 110 valence electrons. The highest BCUT2D eigenvalue weighted by molar-refractivity contribution is 5.92. The number of aromatic nitrogens is 1. The number of carbonyl (C=O) groups excluding carboxylic acids is 1. The van der Waals surface area contributed by atoms with Crippen molar-refractivity contribution >= 4 is 5.91 Å². The largest absolute Gasteiger partial charge is 0.350 e. The Bertz CT molecular complexity index is 761. The van der Waals surface area contributed by atoms with Crippen molar-refractivity contribution in [2.24, 2.45) is 0 Å². The van der Waals surface area contributed by atoms with Gasteiger partial charge in [-0.1, -0.05) is 65.3 Å². The standard InChI is InChI=1S/C18H16N2O2/c1-13-7-9-14(10-8-13)12-19-18(21)17-11-16(20-22-17)15-5-3-2-4-6-15/h2-11H,12H2,1H3,(H,19,21). The minimum atomic E-state index is -0.268. The zero-order chi connectivity index (χ0) is 15.4. The first-order valence-electron chi connectivity index (χ1n) is 7.08. The highest BCUT2D eigenvalue weighted by atomic mass is 16.5. The van der Waals surface area contributed by atoms with Gasteiger partial charge in [-0.25, -0.2) is 0 Å². The molecule has 1 heterocycles. The van der Waals surface area contributed by atoms with Gasteiger partial charge in [0.1, 0.15) is 5.69 Å². The average Bonchev–Trinajstić information content (AvgIpc) is 3.05. The lowest BCUT2D eigenvalue weighted by molar-refractivity contribution is 0.0914. The van der Waals surface area contributed by atoms with Crippen molar-refractivity contribution in [3.8, 4) is 11.3 Å². The first kappa shape index (κ1) is 14.1. The molecule has 22 heavy (non-hydrogen) atoms. The molecule has 0 bridgehead atoms. The number of rotatable bonds is 4. The maximum absolute atomic E-state index is 12.1. The molecule has 0 aliphatic heterocycles. The zero-order valence-electron chi connectivity index (χ0n) is 12.2. The second-order valence-corrected chi connectivity index (χ2v) is 5.11. The van der Waals surface area contributed by atoms with Crippen LogP contribution in [0.25, 0.3) is 11.3 Å². The van der Waals surface area contributed by atoms with Crippen LogP contribution in [0.5, 0.6) is 0 Å². The Morgan fingerprint density at radius 3 is 2.55 bits per heavy atom. The van der Waals surface area contributed by atoms with Gasteiger partial charge in [0, 0.05) is 18.2 Å². The molecule has 0 spiro atoms. The maximum Gasteiger partial charge on any atom is 0.290 e. The Kier molecular flexibility index (Phi) is 4.01. The fourth-order valence-corrected chi connectivity index (χ4v) is 2.10. The van der Waals surface area contributed by atoms with Crippen molar-refractivity contribution in [3.63, 3.8) is 0 Å². The maximum atomic E-state index is 12.1. The first-order valence-corrected chi connectivity index (χ1v) is 7.08. The number of benzene rings is 2. The summed E-state index contributed by atoms with van der Waals surface area (Å²) in [5.74, 6) is -0.0544. The van der Waals surface area contributed by atoms with Gasteiger partial charge in [-0.05, 0) is 12.5 Å². The second-order valence-electron chi connectivity index (χ2n) is 5.11. The smallest absolute Gasteiger partial charge is 0.290 e. The summed E-state index contributed by atoms with van der Waals surface area (Å²) < 4.78 is 5.13. The predicted molar refractivity (Wildman–Crippen MR) is 84.3 cm³/mol. The summed E-state index contributed by atoms with van der Waals surface area (Å²) in [6.45, 7) is 2.49. The fraction of sp³-hybridized carbons (Fsp3) is 0.111. The van der Waals surface area contributed by atoms with Gasteiger partial charge in [0.2, 0.25) is 5.76 Å². The summed E-state index contributed by atoms with van der Waals surface area (Å²) in [6.07, 6.45) is 0. The molecule has 3 aromatic rings. The van der Waals surface area contributed by atoms with Gasteiger partial charge in [0.15, 0.2) is 0 Å². The number of amides is 1. The summed E-state index contributed by atoms with van der Waals surface area (Å²) >= 11 is 0. The van der Waals surface area contributed by atoms with Crippen LogP contribution in [0.4, 0.5) is 0 Å². The van der Waals surface area contributed by atoms with Gasteiger partial charge in [0.25, 0.3) is 5.91 Å².